The molecule has 0 fully saturated rings. The second-order valence-electron chi connectivity index (χ2n) is 4.56. The van der Waals surface area contributed by atoms with Crippen molar-refractivity contribution in [3.63, 3.8) is 0 Å². The predicted octanol–water partition coefficient (Wildman–Crippen LogP) is 3.29. The summed E-state index contributed by atoms with van der Waals surface area (Å²) in [5, 5.41) is 1.93. The van der Waals surface area contributed by atoms with Gasteiger partial charge in [0.25, 0.3) is 0 Å². The maximum Gasteiger partial charge on any atom is 0.355 e. The molecule has 7 heteroatoms. The lowest BCUT2D eigenvalue weighted by Gasteiger charge is -1.99. The summed E-state index contributed by atoms with van der Waals surface area (Å²) in [6.07, 6.45) is 2.93. The highest BCUT2D eigenvalue weighted by atomic mass is 32.1. The van der Waals surface area contributed by atoms with E-state index in [-0.39, 0.29) is 18.1 Å². The Balaban J connectivity index is 1.62. The fourth-order valence-corrected chi connectivity index (χ4v) is 2.47. The van der Waals surface area contributed by atoms with Gasteiger partial charge in [-0.2, -0.15) is 0 Å². The van der Waals surface area contributed by atoms with Crippen molar-refractivity contribution in [2.24, 2.45) is 0 Å². The van der Waals surface area contributed by atoms with E-state index >= 15 is 0 Å². The first-order chi connectivity index (χ1) is 10.6. The smallest absolute Gasteiger partial charge is 0.355 e. The second-order valence-corrected chi connectivity index (χ2v) is 5.50. The summed E-state index contributed by atoms with van der Waals surface area (Å²) in [5.74, 6) is -0.166. The van der Waals surface area contributed by atoms with Gasteiger partial charge in [0.05, 0.1) is 4.88 Å². The van der Waals surface area contributed by atoms with Crippen LogP contribution in [0.15, 0.2) is 40.5 Å². The summed E-state index contributed by atoms with van der Waals surface area (Å²) in [6, 6.07) is 5.26. The molecule has 0 saturated carbocycles. The quantitative estimate of drug-likeness (QED) is 0.576. The Morgan fingerprint density at radius 3 is 3.00 bits per heavy atom. The highest BCUT2D eigenvalue weighted by Gasteiger charge is 2.14. The fraction of sp³-hybridized carbons (Fsp3) is 0.133. The number of ether oxygens (including phenoxy) is 1. The van der Waals surface area contributed by atoms with E-state index in [1.807, 2.05) is 17.5 Å². The Labute approximate surface area is 129 Å². The van der Waals surface area contributed by atoms with Crippen molar-refractivity contribution < 1.29 is 18.7 Å². The minimum Gasteiger partial charge on any atom is -0.454 e. The monoisotopic (exact) mass is 316 g/mol. The largest absolute Gasteiger partial charge is 0.454 e. The van der Waals surface area contributed by atoms with Gasteiger partial charge in [0, 0.05) is 11.8 Å². The Bertz CT molecular complexity index is 801. The minimum absolute atomic E-state index is 0.00212. The lowest BCUT2D eigenvalue weighted by molar-refractivity contribution is 0.0461. The van der Waals surface area contributed by atoms with Crippen LogP contribution in [-0.4, -0.2) is 21.7 Å². The van der Waals surface area contributed by atoms with Crippen molar-refractivity contribution in [1.29, 1.82) is 0 Å². The highest BCUT2D eigenvalue weighted by molar-refractivity contribution is 7.13. The molecule has 0 unspecified atom stereocenters. The number of carbonyl (C=O) groups excluding carboxylic acids is 2. The Kier molecular flexibility index (Phi) is 3.88. The number of oxazole rings is 1. The molecule has 3 aromatic rings. The van der Waals surface area contributed by atoms with Crippen molar-refractivity contribution in [1.82, 2.24) is 9.97 Å². The molecule has 0 radical (unpaired) electrons. The molecule has 3 rings (SSSR count). The number of rotatable bonds is 5. The van der Waals surface area contributed by atoms with E-state index in [1.165, 1.54) is 36.8 Å². The van der Waals surface area contributed by atoms with Crippen molar-refractivity contribution in [2.75, 3.05) is 0 Å². The summed E-state index contributed by atoms with van der Waals surface area (Å²) in [7, 11) is 0. The molecule has 1 N–H and O–H groups in total. The highest BCUT2D eigenvalue weighted by Crippen LogP contribution is 2.23. The molecule has 0 aromatic carbocycles. The van der Waals surface area contributed by atoms with Crippen molar-refractivity contribution in [3.05, 3.63) is 53.0 Å². The van der Waals surface area contributed by atoms with Crippen LogP contribution in [0.2, 0.25) is 0 Å². The third-order valence-corrected chi connectivity index (χ3v) is 3.80. The summed E-state index contributed by atoms with van der Waals surface area (Å²) in [5.41, 5.74) is 1.19. The Hall–Kier alpha value is -2.67. The van der Waals surface area contributed by atoms with Crippen LogP contribution in [0, 0.1) is 0 Å². The molecule has 3 aromatic heterocycles. The third-order valence-electron chi connectivity index (χ3n) is 2.94. The van der Waals surface area contributed by atoms with Gasteiger partial charge >= 0.3 is 5.97 Å². The standard InChI is InChI=1S/C15H12N2O4S/c1-9(18)10-5-12(16-6-10)15(19)21-8-11-7-20-14(17-11)13-3-2-4-22-13/h2-7,16H,8H2,1H3. The van der Waals surface area contributed by atoms with Crippen LogP contribution in [0.3, 0.4) is 0 Å². The molecule has 6 nitrogen and oxygen atoms in total. The molecule has 22 heavy (non-hydrogen) atoms. The summed E-state index contributed by atoms with van der Waals surface area (Å²) in [6.45, 7) is 1.43. The summed E-state index contributed by atoms with van der Waals surface area (Å²) in [4.78, 5) is 30.9. The molecule has 0 aliphatic rings. The number of nitrogens with zero attached hydrogens (tertiary/aromatic N) is 1. The number of hydrogen-bond acceptors (Lipinski definition) is 6. The van der Waals surface area contributed by atoms with Crippen LogP contribution in [-0.2, 0) is 11.3 Å². The first-order valence-corrected chi connectivity index (χ1v) is 7.36. The van der Waals surface area contributed by atoms with E-state index in [2.05, 4.69) is 9.97 Å². The topological polar surface area (TPSA) is 85.2 Å². The van der Waals surface area contributed by atoms with Gasteiger partial charge < -0.3 is 14.1 Å². The van der Waals surface area contributed by atoms with Crippen molar-refractivity contribution in [3.8, 4) is 10.8 Å². The maximum atomic E-state index is 11.9. The van der Waals surface area contributed by atoms with Crippen molar-refractivity contribution >= 4 is 23.1 Å². The zero-order valence-corrected chi connectivity index (χ0v) is 12.5. The van der Waals surface area contributed by atoms with Crippen LogP contribution >= 0.6 is 11.3 Å². The van der Waals surface area contributed by atoms with Gasteiger partial charge in [-0.25, -0.2) is 9.78 Å². The molecular weight excluding hydrogens is 304 g/mol. The molecule has 3 heterocycles. The van der Waals surface area contributed by atoms with Crippen LogP contribution < -0.4 is 0 Å². The second kappa shape index (κ2) is 5.98. The fourth-order valence-electron chi connectivity index (χ4n) is 1.82. The van der Waals surface area contributed by atoms with Crippen LogP contribution in [0.4, 0.5) is 0 Å². The molecule has 112 valence electrons. The predicted molar refractivity (Wildman–Crippen MR) is 79.7 cm³/mol. The molecule has 0 atom stereocenters. The number of aromatic nitrogens is 2. The average Bonchev–Trinajstić information content (AvgIpc) is 3.23. The van der Waals surface area contributed by atoms with Gasteiger partial charge in [-0.1, -0.05) is 6.07 Å². The van der Waals surface area contributed by atoms with Gasteiger partial charge in [0.1, 0.15) is 24.3 Å². The molecular formula is C15H12N2O4S. The molecule has 0 bridgehead atoms. The van der Waals surface area contributed by atoms with Gasteiger partial charge in [-0.3, -0.25) is 4.79 Å². The lowest BCUT2D eigenvalue weighted by Crippen LogP contribution is -2.05. The zero-order valence-electron chi connectivity index (χ0n) is 11.7. The normalized spacial score (nSPS) is 10.6. The van der Waals surface area contributed by atoms with Crippen molar-refractivity contribution in [2.45, 2.75) is 13.5 Å². The zero-order chi connectivity index (χ0) is 15.5. The van der Waals surface area contributed by atoms with E-state index in [0.29, 0.717) is 17.1 Å². The number of nitrogens with one attached hydrogen (secondary N) is 1. The van der Waals surface area contributed by atoms with E-state index in [0.717, 1.165) is 4.88 Å². The molecule has 0 amide bonds. The molecule has 0 spiro atoms. The molecule has 0 saturated heterocycles. The lowest BCUT2D eigenvalue weighted by atomic mass is 10.2. The van der Waals surface area contributed by atoms with Gasteiger partial charge in [-0.05, 0) is 24.4 Å². The van der Waals surface area contributed by atoms with Crippen LogP contribution in [0.25, 0.3) is 10.8 Å². The number of ketones is 1. The van der Waals surface area contributed by atoms with E-state index in [1.54, 1.807) is 0 Å². The van der Waals surface area contributed by atoms with E-state index in [4.69, 9.17) is 9.15 Å². The first-order valence-electron chi connectivity index (χ1n) is 6.48. The number of Topliss-reactive ketones (excluding diaryl/α,β-unsaturated/α-hetero) is 1. The first kappa shape index (κ1) is 14.3. The number of carbonyl (C=O) groups is 2. The number of hydrogen-bond donors (Lipinski definition) is 1. The molecule has 0 aliphatic carbocycles. The Morgan fingerprint density at radius 1 is 1.45 bits per heavy atom. The van der Waals surface area contributed by atoms with Gasteiger partial charge in [-0.15, -0.1) is 11.3 Å². The van der Waals surface area contributed by atoms with Crippen LogP contribution in [0.1, 0.15) is 33.5 Å². The molecule has 0 aliphatic heterocycles. The van der Waals surface area contributed by atoms with E-state index in [9.17, 15) is 9.59 Å². The van der Waals surface area contributed by atoms with Gasteiger partial charge in [0.2, 0.25) is 5.89 Å². The number of aromatic amines is 1. The minimum atomic E-state index is -0.548. The van der Waals surface area contributed by atoms with E-state index < -0.39 is 5.97 Å². The Morgan fingerprint density at radius 2 is 2.32 bits per heavy atom. The maximum absolute atomic E-state index is 11.9. The summed E-state index contributed by atoms with van der Waals surface area (Å²) >= 11 is 1.52. The van der Waals surface area contributed by atoms with Crippen LogP contribution in [0.5, 0.6) is 0 Å². The number of H-pyrrole nitrogens is 1. The average molecular weight is 316 g/mol. The van der Waals surface area contributed by atoms with Gasteiger partial charge in [0.15, 0.2) is 5.78 Å². The summed E-state index contributed by atoms with van der Waals surface area (Å²) < 4.78 is 10.5. The number of thiophene rings is 1. The third kappa shape index (κ3) is 2.99. The SMILES string of the molecule is CC(=O)c1c[nH]c(C(=O)OCc2coc(-c3cccs3)n2)c1. The number of esters is 1.